The van der Waals surface area contributed by atoms with Gasteiger partial charge in [0.2, 0.25) is 0 Å². The molecule has 0 bridgehead atoms. The van der Waals surface area contributed by atoms with Crippen LogP contribution < -0.4 is 16.8 Å². The summed E-state index contributed by atoms with van der Waals surface area (Å²) in [4.78, 5) is 11.9. The molecule has 1 unspecified atom stereocenters. The van der Waals surface area contributed by atoms with Crippen molar-refractivity contribution < 1.29 is 9.90 Å². The van der Waals surface area contributed by atoms with Gasteiger partial charge in [0.15, 0.2) is 0 Å². The number of carbonyl (C=O) groups is 1. The van der Waals surface area contributed by atoms with Gasteiger partial charge in [-0.05, 0) is 30.0 Å². The predicted octanol–water partition coefficient (Wildman–Crippen LogP) is 1.38. The fraction of sp³-hybridized carbons (Fsp3) is 0.500. The van der Waals surface area contributed by atoms with Crippen LogP contribution in [0.2, 0.25) is 0 Å². The molecule has 6 N–H and O–H groups in total. The summed E-state index contributed by atoms with van der Waals surface area (Å²) in [5.74, 6) is -0.301. The molecular formula is C14H23N3O2. The van der Waals surface area contributed by atoms with Crippen LogP contribution in [-0.4, -0.2) is 23.7 Å². The molecule has 1 aromatic rings. The van der Waals surface area contributed by atoms with E-state index in [2.05, 4.69) is 5.32 Å². The quantitative estimate of drug-likeness (QED) is 0.618. The van der Waals surface area contributed by atoms with Crippen LogP contribution in [0.4, 0.5) is 11.4 Å². The van der Waals surface area contributed by atoms with Crippen LogP contribution in [0.5, 0.6) is 0 Å². The molecule has 0 radical (unpaired) electrons. The molecule has 106 valence electrons. The Labute approximate surface area is 114 Å². The molecule has 0 aliphatic carbocycles. The van der Waals surface area contributed by atoms with Gasteiger partial charge in [0, 0.05) is 17.9 Å². The highest BCUT2D eigenvalue weighted by Crippen LogP contribution is 2.20. The number of rotatable bonds is 4. The molecule has 0 spiro atoms. The number of amides is 1. The molecule has 1 amide bonds. The summed E-state index contributed by atoms with van der Waals surface area (Å²) < 4.78 is 0. The summed E-state index contributed by atoms with van der Waals surface area (Å²) in [6.07, 6.45) is 0.0452. The summed E-state index contributed by atoms with van der Waals surface area (Å²) in [5, 5.41) is 12.5. The molecule has 5 nitrogen and oxygen atoms in total. The van der Waals surface area contributed by atoms with Crippen LogP contribution in [0, 0.1) is 5.41 Å². The third-order valence-electron chi connectivity index (χ3n) is 2.67. The number of anilines is 2. The second kappa shape index (κ2) is 5.93. The lowest BCUT2D eigenvalue weighted by atomic mass is 9.89. The van der Waals surface area contributed by atoms with Crippen LogP contribution in [0.25, 0.3) is 0 Å². The van der Waals surface area contributed by atoms with E-state index < -0.39 is 6.10 Å². The van der Waals surface area contributed by atoms with Gasteiger partial charge < -0.3 is 21.9 Å². The summed E-state index contributed by atoms with van der Waals surface area (Å²) >= 11 is 0. The van der Waals surface area contributed by atoms with Gasteiger partial charge in [0.25, 0.3) is 5.91 Å². The molecule has 5 heteroatoms. The van der Waals surface area contributed by atoms with Crippen molar-refractivity contribution in [3.05, 3.63) is 23.8 Å². The second-order valence-electron chi connectivity index (χ2n) is 5.98. The fourth-order valence-corrected chi connectivity index (χ4v) is 1.87. The third kappa shape index (κ3) is 5.18. The van der Waals surface area contributed by atoms with E-state index in [0.717, 1.165) is 0 Å². The number of hydrogen-bond acceptors (Lipinski definition) is 4. The SMILES string of the molecule is CC(C)(C)CC(O)CNC(=O)c1ccc(N)cc1N. The highest BCUT2D eigenvalue weighted by atomic mass is 16.3. The molecule has 0 aliphatic heterocycles. The zero-order chi connectivity index (χ0) is 14.6. The highest BCUT2D eigenvalue weighted by Gasteiger charge is 2.18. The van der Waals surface area contributed by atoms with E-state index >= 15 is 0 Å². The zero-order valence-electron chi connectivity index (χ0n) is 11.7. The Morgan fingerprint density at radius 1 is 1.37 bits per heavy atom. The van der Waals surface area contributed by atoms with Crippen molar-refractivity contribution >= 4 is 17.3 Å². The average Bonchev–Trinajstić information content (AvgIpc) is 2.23. The molecule has 0 saturated heterocycles. The first-order chi connectivity index (χ1) is 8.69. The minimum Gasteiger partial charge on any atom is -0.399 e. The normalized spacial score (nSPS) is 13.1. The number of aliphatic hydroxyl groups is 1. The fourth-order valence-electron chi connectivity index (χ4n) is 1.87. The zero-order valence-corrected chi connectivity index (χ0v) is 11.7. The van der Waals surface area contributed by atoms with E-state index in [1.165, 1.54) is 0 Å². The van der Waals surface area contributed by atoms with Gasteiger partial charge in [-0.2, -0.15) is 0 Å². The molecule has 1 atom stereocenters. The van der Waals surface area contributed by atoms with E-state index in [0.29, 0.717) is 23.4 Å². The highest BCUT2D eigenvalue weighted by molar-refractivity contribution is 5.99. The van der Waals surface area contributed by atoms with Gasteiger partial charge in [-0.3, -0.25) is 4.79 Å². The first-order valence-electron chi connectivity index (χ1n) is 6.30. The predicted molar refractivity (Wildman–Crippen MR) is 77.7 cm³/mol. The van der Waals surface area contributed by atoms with Gasteiger partial charge in [0.05, 0.1) is 11.7 Å². The molecule has 0 saturated carbocycles. The van der Waals surface area contributed by atoms with Gasteiger partial charge in [-0.15, -0.1) is 0 Å². The number of hydrogen-bond donors (Lipinski definition) is 4. The van der Waals surface area contributed by atoms with Gasteiger partial charge >= 0.3 is 0 Å². The van der Waals surface area contributed by atoms with E-state index in [1.54, 1.807) is 18.2 Å². The number of nitrogen functional groups attached to an aromatic ring is 2. The number of carbonyl (C=O) groups excluding carboxylic acids is 1. The summed E-state index contributed by atoms with van der Waals surface area (Å²) in [7, 11) is 0. The standard InChI is InChI=1S/C14H23N3O2/c1-14(2,3)7-10(18)8-17-13(19)11-5-4-9(15)6-12(11)16/h4-6,10,18H,7-8,15-16H2,1-3H3,(H,17,19). The Bertz CT molecular complexity index is 452. The van der Waals surface area contributed by atoms with E-state index in [4.69, 9.17) is 11.5 Å². The van der Waals surface area contributed by atoms with Crippen molar-refractivity contribution in [2.75, 3.05) is 18.0 Å². The van der Waals surface area contributed by atoms with Crippen LogP contribution in [0.3, 0.4) is 0 Å². The van der Waals surface area contributed by atoms with Crippen LogP contribution in [-0.2, 0) is 0 Å². The van der Waals surface area contributed by atoms with Gasteiger partial charge in [-0.25, -0.2) is 0 Å². The Morgan fingerprint density at radius 2 is 2.00 bits per heavy atom. The number of nitrogens with one attached hydrogen (secondary N) is 1. The maximum atomic E-state index is 11.9. The Balaban J connectivity index is 2.56. The third-order valence-corrected chi connectivity index (χ3v) is 2.67. The molecule has 19 heavy (non-hydrogen) atoms. The van der Waals surface area contributed by atoms with E-state index in [-0.39, 0.29) is 17.9 Å². The van der Waals surface area contributed by atoms with Crippen LogP contribution in [0.15, 0.2) is 18.2 Å². The molecule has 0 heterocycles. The minimum atomic E-state index is -0.570. The summed E-state index contributed by atoms with van der Waals surface area (Å²) in [6.45, 7) is 6.32. The molecular weight excluding hydrogens is 242 g/mol. The lowest BCUT2D eigenvalue weighted by Crippen LogP contribution is -2.34. The lowest BCUT2D eigenvalue weighted by Gasteiger charge is -2.22. The maximum Gasteiger partial charge on any atom is 0.253 e. The summed E-state index contributed by atoms with van der Waals surface area (Å²) in [5.41, 5.74) is 12.5. The van der Waals surface area contributed by atoms with Crippen molar-refractivity contribution in [3.63, 3.8) is 0 Å². The molecule has 1 rings (SSSR count). The number of aliphatic hydroxyl groups excluding tert-OH is 1. The van der Waals surface area contributed by atoms with Crippen LogP contribution >= 0.6 is 0 Å². The molecule has 1 aromatic carbocycles. The van der Waals surface area contributed by atoms with Crippen molar-refractivity contribution in [1.82, 2.24) is 5.32 Å². The average molecular weight is 265 g/mol. The van der Waals surface area contributed by atoms with Crippen LogP contribution in [0.1, 0.15) is 37.6 Å². The van der Waals surface area contributed by atoms with Crippen molar-refractivity contribution in [2.24, 2.45) is 5.41 Å². The topological polar surface area (TPSA) is 101 Å². The molecule has 0 aliphatic rings. The van der Waals surface area contributed by atoms with E-state index in [1.807, 2.05) is 20.8 Å². The smallest absolute Gasteiger partial charge is 0.253 e. The van der Waals surface area contributed by atoms with Crippen molar-refractivity contribution in [3.8, 4) is 0 Å². The minimum absolute atomic E-state index is 0.0182. The monoisotopic (exact) mass is 265 g/mol. The van der Waals surface area contributed by atoms with Crippen molar-refractivity contribution in [2.45, 2.75) is 33.3 Å². The Morgan fingerprint density at radius 3 is 2.53 bits per heavy atom. The van der Waals surface area contributed by atoms with Crippen molar-refractivity contribution in [1.29, 1.82) is 0 Å². The number of nitrogens with two attached hydrogens (primary N) is 2. The second-order valence-corrected chi connectivity index (χ2v) is 5.98. The molecule has 0 fully saturated rings. The van der Waals surface area contributed by atoms with Gasteiger partial charge in [0.1, 0.15) is 0 Å². The first kappa shape index (κ1) is 15.3. The van der Waals surface area contributed by atoms with E-state index in [9.17, 15) is 9.90 Å². The maximum absolute atomic E-state index is 11.9. The lowest BCUT2D eigenvalue weighted by molar-refractivity contribution is 0.0869. The van der Waals surface area contributed by atoms with Gasteiger partial charge in [-0.1, -0.05) is 20.8 Å². The Hall–Kier alpha value is -1.75. The largest absolute Gasteiger partial charge is 0.399 e. The summed E-state index contributed by atoms with van der Waals surface area (Å²) in [6, 6.07) is 4.74. The Kier molecular flexibility index (Phi) is 4.78. The first-order valence-corrected chi connectivity index (χ1v) is 6.30. The molecule has 0 aromatic heterocycles. The number of benzene rings is 1.